The number of carboxylic acid groups (broad SMARTS) is 1. The highest BCUT2D eigenvalue weighted by Gasteiger charge is 2.18. The zero-order chi connectivity index (χ0) is 14.1. The highest BCUT2D eigenvalue weighted by atomic mass is 32.1. The van der Waals surface area contributed by atoms with Crippen molar-refractivity contribution in [2.45, 2.75) is 38.1 Å². The van der Waals surface area contributed by atoms with Crippen LogP contribution in [0.25, 0.3) is 0 Å². The molecule has 0 saturated heterocycles. The van der Waals surface area contributed by atoms with Gasteiger partial charge >= 0.3 is 5.97 Å². The number of carbonyl (C=O) groups is 2. The van der Waals surface area contributed by atoms with Gasteiger partial charge in [0, 0.05) is 11.3 Å². The number of hydrogen-bond acceptors (Lipinski definition) is 4. The van der Waals surface area contributed by atoms with E-state index < -0.39 is 12.0 Å². The van der Waals surface area contributed by atoms with Crippen LogP contribution in [0.15, 0.2) is 17.5 Å². The molecule has 0 aliphatic rings. The molecule has 0 aromatic carbocycles. The van der Waals surface area contributed by atoms with Crippen LogP contribution in [-0.4, -0.2) is 23.5 Å². The lowest BCUT2D eigenvalue weighted by molar-refractivity contribution is -0.137. The van der Waals surface area contributed by atoms with Crippen LogP contribution in [0.2, 0.25) is 0 Å². The molecule has 0 fully saturated rings. The van der Waals surface area contributed by atoms with Gasteiger partial charge in [0.2, 0.25) is 5.91 Å². The van der Waals surface area contributed by atoms with Crippen molar-refractivity contribution in [3.05, 3.63) is 22.4 Å². The molecule has 5 nitrogen and oxygen atoms in total. The molecule has 1 rings (SSSR count). The third-order valence-electron chi connectivity index (χ3n) is 2.71. The summed E-state index contributed by atoms with van der Waals surface area (Å²) >= 11 is 1.45. The van der Waals surface area contributed by atoms with E-state index in [0.717, 1.165) is 24.1 Å². The van der Waals surface area contributed by atoms with Crippen molar-refractivity contribution < 1.29 is 14.7 Å². The van der Waals surface area contributed by atoms with Gasteiger partial charge in [-0.3, -0.25) is 9.59 Å². The minimum Gasteiger partial charge on any atom is -0.481 e. The van der Waals surface area contributed by atoms with Gasteiger partial charge in [-0.2, -0.15) is 0 Å². The van der Waals surface area contributed by atoms with Crippen molar-refractivity contribution in [2.24, 2.45) is 5.73 Å². The molecule has 1 unspecified atom stereocenters. The SMILES string of the molecule is NCCCCCC(=O)NC(CC(=O)O)c1cccs1. The highest BCUT2D eigenvalue weighted by molar-refractivity contribution is 7.10. The van der Waals surface area contributed by atoms with Crippen LogP contribution < -0.4 is 11.1 Å². The monoisotopic (exact) mass is 284 g/mol. The number of carbonyl (C=O) groups excluding carboxylic acids is 1. The van der Waals surface area contributed by atoms with Crippen molar-refractivity contribution >= 4 is 23.2 Å². The van der Waals surface area contributed by atoms with Crippen molar-refractivity contribution in [2.75, 3.05) is 6.54 Å². The van der Waals surface area contributed by atoms with Crippen LogP contribution in [-0.2, 0) is 9.59 Å². The first kappa shape index (κ1) is 15.7. The normalized spacial score (nSPS) is 12.1. The van der Waals surface area contributed by atoms with Gasteiger partial charge in [0.1, 0.15) is 0 Å². The fraction of sp³-hybridized carbons (Fsp3) is 0.538. The molecule has 1 amide bonds. The second kappa shape index (κ2) is 8.66. The fourth-order valence-corrected chi connectivity index (χ4v) is 2.54. The molecule has 1 aromatic heterocycles. The average molecular weight is 284 g/mol. The van der Waals surface area contributed by atoms with Crippen molar-refractivity contribution in [1.29, 1.82) is 0 Å². The molecule has 0 radical (unpaired) electrons. The summed E-state index contributed by atoms with van der Waals surface area (Å²) in [7, 11) is 0. The van der Waals surface area contributed by atoms with E-state index in [1.165, 1.54) is 11.3 Å². The van der Waals surface area contributed by atoms with E-state index in [1.807, 2.05) is 17.5 Å². The molecule has 0 aliphatic carbocycles. The van der Waals surface area contributed by atoms with Crippen LogP contribution in [0.3, 0.4) is 0 Å². The zero-order valence-corrected chi connectivity index (χ0v) is 11.6. The summed E-state index contributed by atoms with van der Waals surface area (Å²) in [5.74, 6) is -1.02. The first-order valence-corrected chi connectivity index (χ1v) is 7.26. The second-order valence-electron chi connectivity index (χ2n) is 4.33. The molecule has 0 bridgehead atoms. The number of hydrogen-bond donors (Lipinski definition) is 3. The largest absolute Gasteiger partial charge is 0.481 e. The first-order valence-electron chi connectivity index (χ1n) is 6.38. The standard InChI is InChI=1S/C13H20N2O3S/c14-7-3-1-2-6-12(16)15-10(9-13(17)18)11-5-4-8-19-11/h4-5,8,10H,1-3,6-7,9,14H2,(H,15,16)(H,17,18). The smallest absolute Gasteiger partial charge is 0.305 e. The van der Waals surface area contributed by atoms with Gasteiger partial charge in [-0.25, -0.2) is 0 Å². The lowest BCUT2D eigenvalue weighted by Crippen LogP contribution is -2.29. The van der Waals surface area contributed by atoms with E-state index in [9.17, 15) is 9.59 Å². The highest BCUT2D eigenvalue weighted by Crippen LogP contribution is 2.22. The van der Waals surface area contributed by atoms with E-state index >= 15 is 0 Å². The quantitative estimate of drug-likeness (QED) is 0.604. The average Bonchev–Trinajstić information content (AvgIpc) is 2.87. The summed E-state index contributed by atoms with van der Waals surface area (Å²) < 4.78 is 0. The Morgan fingerprint density at radius 2 is 2.16 bits per heavy atom. The van der Waals surface area contributed by atoms with Gasteiger partial charge in [0.25, 0.3) is 0 Å². The maximum absolute atomic E-state index is 11.8. The number of carboxylic acids is 1. The molecular formula is C13H20N2O3S. The Morgan fingerprint density at radius 1 is 1.37 bits per heavy atom. The molecule has 0 spiro atoms. The lowest BCUT2D eigenvalue weighted by Gasteiger charge is -2.15. The summed E-state index contributed by atoms with van der Waals surface area (Å²) in [6.07, 6.45) is 2.95. The minimum atomic E-state index is -0.915. The molecular weight excluding hydrogens is 264 g/mol. The third kappa shape index (κ3) is 6.35. The molecule has 19 heavy (non-hydrogen) atoms. The zero-order valence-electron chi connectivity index (χ0n) is 10.8. The molecule has 4 N–H and O–H groups in total. The van der Waals surface area contributed by atoms with E-state index in [4.69, 9.17) is 10.8 Å². The number of nitrogens with two attached hydrogens (primary N) is 1. The van der Waals surface area contributed by atoms with Crippen LogP contribution in [0.1, 0.15) is 43.0 Å². The molecule has 6 heteroatoms. The maximum atomic E-state index is 11.8. The Morgan fingerprint density at radius 3 is 2.74 bits per heavy atom. The van der Waals surface area contributed by atoms with Gasteiger partial charge in [-0.1, -0.05) is 12.5 Å². The summed E-state index contributed by atoms with van der Waals surface area (Å²) in [5, 5.41) is 13.5. The molecule has 1 atom stereocenters. The minimum absolute atomic E-state index is 0.0882. The summed E-state index contributed by atoms with van der Waals surface area (Å²) in [6, 6.07) is 3.26. The van der Waals surface area contributed by atoms with Gasteiger partial charge < -0.3 is 16.2 Å². The first-order chi connectivity index (χ1) is 9.13. The van der Waals surface area contributed by atoms with Crippen molar-refractivity contribution in [3.8, 4) is 0 Å². The number of amides is 1. The van der Waals surface area contributed by atoms with Gasteiger partial charge in [-0.15, -0.1) is 11.3 Å². The third-order valence-corrected chi connectivity index (χ3v) is 3.69. The molecule has 0 saturated carbocycles. The van der Waals surface area contributed by atoms with Crippen LogP contribution in [0.4, 0.5) is 0 Å². The lowest BCUT2D eigenvalue weighted by atomic mass is 10.1. The Bertz CT molecular complexity index is 393. The molecule has 106 valence electrons. The van der Waals surface area contributed by atoms with E-state index in [2.05, 4.69) is 5.32 Å². The number of unbranched alkanes of at least 4 members (excludes halogenated alkanes) is 2. The van der Waals surface area contributed by atoms with E-state index in [0.29, 0.717) is 13.0 Å². The number of nitrogens with one attached hydrogen (secondary N) is 1. The number of rotatable bonds is 9. The van der Waals surface area contributed by atoms with Gasteiger partial charge in [-0.05, 0) is 30.8 Å². The predicted octanol–water partition coefficient (Wildman–Crippen LogP) is 1.90. The van der Waals surface area contributed by atoms with E-state index in [-0.39, 0.29) is 12.3 Å². The topological polar surface area (TPSA) is 92.4 Å². The van der Waals surface area contributed by atoms with Gasteiger partial charge in [0.05, 0.1) is 12.5 Å². The second-order valence-corrected chi connectivity index (χ2v) is 5.31. The number of aliphatic carboxylic acids is 1. The Balaban J connectivity index is 2.44. The molecule has 1 aromatic rings. The van der Waals surface area contributed by atoms with Crippen molar-refractivity contribution in [3.63, 3.8) is 0 Å². The van der Waals surface area contributed by atoms with Gasteiger partial charge in [0.15, 0.2) is 0 Å². The summed E-state index contributed by atoms with van der Waals surface area (Å²) in [5.41, 5.74) is 5.38. The van der Waals surface area contributed by atoms with Crippen LogP contribution in [0, 0.1) is 0 Å². The fourth-order valence-electron chi connectivity index (χ4n) is 1.76. The Kier molecular flexibility index (Phi) is 7.14. The summed E-state index contributed by atoms with van der Waals surface area (Å²) in [6.45, 7) is 0.637. The van der Waals surface area contributed by atoms with E-state index in [1.54, 1.807) is 0 Å². The van der Waals surface area contributed by atoms with Crippen molar-refractivity contribution in [1.82, 2.24) is 5.32 Å². The molecule has 1 heterocycles. The predicted molar refractivity (Wildman–Crippen MR) is 75.0 cm³/mol. The Labute approximate surface area is 116 Å². The molecule has 0 aliphatic heterocycles. The van der Waals surface area contributed by atoms with Crippen LogP contribution in [0.5, 0.6) is 0 Å². The van der Waals surface area contributed by atoms with Crippen LogP contribution >= 0.6 is 11.3 Å². The Hall–Kier alpha value is -1.40. The summed E-state index contributed by atoms with van der Waals surface area (Å²) in [4.78, 5) is 23.5. The maximum Gasteiger partial charge on any atom is 0.305 e. The number of thiophene rings is 1.